The number of benzene rings is 2. The van der Waals surface area contributed by atoms with E-state index in [-0.39, 0.29) is 30.2 Å². The summed E-state index contributed by atoms with van der Waals surface area (Å²) >= 11 is 5.99. The molecule has 0 atom stereocenters. The zero-order valence-corrected chi connectivity index (χ0v) is 14.7. The van der Waals surface area contributed by atoms with Crippen LogP contribution >= 0.6 is 11.6 Å². The molecule has 0 heterocycles. The smallest absolute Gasteiger partial charge is 0.240 e. The van der Waals surface area contributed by atoms with Crippen LogP contribution in [0.1, 0.15) is 24.0 Å². The standard InChI is InChI=1S/C18H18ClN3O4/c1-11-14(19)3-2-4-15(11)21-17(25)7-8-18(26)22-20-10-12-5-6-13(23)9-16(12)24/h2-6,9-10,23-24H,7-8H2,1H3,(H,21,25)(H,22,26). The van der Waals surface area contributed by atoms with Crippen LogP contribution in [0.5, 0.6) is 11.5 Å². The Bertz CT molecular complexity index is 852. The van der Waals surface area contributed by atoms with Gasteiger partial charge in [-0.05, 0) is 36.8 Å². The number of anilines is 1. The van der Waals surface area contributed by atoms with Gasteiger partial charge in [-0.2, -0.15) is 5.10 Å². The molecule has 0 saturated carbocycles. The first-order chi connectivity index (χ1) is 12.4. The van der Waals surface area contributed by atoms with Gasteiger partial charge in [0.2, 0.25) is 11.8 Å². The predicted molar refractivity (Wildman–Crippen MR) is 99.6 cm³/mol. The Hall–Kier alpha value is -3.06. The van der Waals surface area contributed by atoms with E-state index in [1.807, 2.05) is 0 Å². The molecule has 0 aromatic heterocycles. The first kappa shape index (κ1) is 19.3. The molecule has 0 saturated heterocycles. The molecule has 2 amide bonds. The number of nitrogens with one attached hydrogen (secondary N) is 2. The van der Waals surface area contributed by atoms with Gasteiger partial charge in [0.05, 0.1) is 6.21 Å². The van der Waals surface area contributed by atoms with Gasteiger partial charge in [0.15, 0.2) is 0 Å². The lowest BCUT2D eigenvalue weighted by atomic mass is 10.2. The van der Waals surface area contributed by atoms with E-state index in [0.29, 0.717) is 16.3 Å². The van der Waals surface area contributed by atoms with Crippen molar-refractivity contribution in [1.29, 1.82) is 0 Å². The average molecular weight is 376 g/mol. The molecule has 7 nitrogen and oxygen atoms in total. The second kappa shape index (κ2) is 8.87. The monoisotopic (exact) mass is 375 g/mol. The third-order valence-corrected chi connectivity index (χ3v) is 3.94. The number of halogens is 1. The van der Waals surface area contributed by atoms with Gasteiger partial charge in [-0.3, -0.25) is 9.59 Å². The number of rotatable bonds is 6. The van der Waals surface area contributed by atoms with Crippen molar-refractivity contribution in [2.75, 3.05) is 5.32 Å². The minimum atomic E-state index is -0.447. The van der Waals surface area contributed by atoms with Crippen molar-refractivity contribution in [3.8, 4) is 11.5 Å². The number of carbonyl (C=O) groups is 2. The molecule has 0 spiro atoms. The maximum atomic E-state index is 11.9. The van der Waals surface area contributed by atoms with Crippen LogP contribution in [0, 0.1) is 6.92 Å². The summed E-state index contributed by atoms with van der Waals surface area (Å²) in [5.41, 5.74) is 3.95. The van der Waals surface area contributed by atoms with E-state index in [0.717, 1.165) is 11.6 Å². The van der Waals surface area contributed by atoms with Crippen molar-refractivity contribution in [2.45, 2.75) is 19.8 Å². The SMILES string of the molecule is Cc1c(Cl)cccc1NC(=O)CCC(=O)NN=Cc1ccc(O)cc1O. The highest BCUT2D eigenvalue weighted by atomic mass is 35.5. The number of hydrogen-bond acceptors (Lipinski definition) is 5. The van der Waals surface area contributed by atoms with E-state index in [1.54, 1.807) is 25.1 Å². The highest BCUT2D eigenvalue weighted by molar-refractivity contribution is 6.31. The van der Waals surface area contributed by atoms with Crippen molar-refractivity contribution >= 4 is 35.3 Å². The third-order valence-electron chi connectivity index (χ3n) is 3.53. The van der Waals surface area contributed by atoms with Crippen molar-refractivity contribution < 1.29 is 19.8 Å². The van der Waals surface area contributed by atoms with Crippen LogP contribution in [-0.2, 0) is 9.59 Å². The van der Waals surface area contributed by atoms with Crippen molar-refractivity contribution in [3.05, 3.63) is 52.5 Å². The van der Waals surface area contributed by atoms with Crippen LogP contribution in [0.4, 0.5) is 5.69 Å². The molecule has 0 aliphatic heterocycles. The van der Waals surface area contributed by atoms with Gasteiger partial charge >= 0.3 is 0 Å². The van der Waals surface area contributed by atoms with E-state index < -0.39 is 5.91 Å². The topological polar surface area (TPSA) is 111 Å². The van der Waals surface area contributed by atoms with Gasteiger partial charge in [-0.15, -0.1) is 0 Å². The summed E-state index contributed by atoms with van der Waals surface area (Å²) in [6.07, 6.45) is 1.17. The molecule has 0 fully saturated rings. The van der Waals surface area contributed by atoms with Gasteiger partial charge in [-0.1, -0.05) is 17.7 Å². The van der Waals surface area contributed by atoms with Crippen LogP contribution < -0.4 is 10.7 Å². The molecule has 0 unspecified atom stereocenters. The van der Waals surface area contributed by atoms with Crippen LogP contribution in [0.25, 0.3) is 0 Å². The van der Waals surface area contributed by atoms with Crippen molar-refractivity contribution in [1.82, 2.24) is 5.43 Å². The number of phenols is 2. The van der Waals surface area contributed by atoms with Crippen molar-refractivity contribution in [2.24, 2.45) is 5.10 Å². The fraction of sp³-hybridized carbons (Fsp3) is 0.167. The quantitative estimate of drug-likeness (QED) is 0.459. The zero-order chi connectivity index (χ0) is 19.1. The first-order valence-corrected chi connectivity index (χ1v) is 8.13. The lowest BCUT2D eigenvalue weighted by molar-refractivity contribution is -0.124. The molecule has 0 aliphatic carbocycles. The zero-order valence-electron chi connectivity index (χ0n) is 14.0. The lowest BCUT2D eigenvalue weighted by Gasteiger charge is -2.09. The fourth-order valence-corrected chi connectivity index (χ4v) is 2.23. The Morgan fingerprint density at radius 3 is 2.62 bits per heavy atom. The van der Waals surface area contributed by atoms with Crippen LogP contribution in [0.15, 0.2) is 41.5 Å². The number of hydrogen-bond donors (Lipinski definition) is 4. The number of phenolic OH excluding ortho intramolecular Hbond substituents is 2. The molecule has 136 valence electrons. The molecule has 0 radical (unpaired) electrons. The first-order valence-electron chi connectivity index (χ1n) is 7.75. The number of nitrogens with zero attached hydrogens (tertiary/aromatic N) is 1. The Labute approximate surface area is 155 Å². The minimum absolute atomic E-state index is 0.0161. The molecule has 0 aliphatic rings. The van der Waals surface area contributed by atoms with Gasteiger partial charge in [0, 0.05) is 35.2 Å². The number of hydrazone groups is 1. The summed E-state index contributed by atoms with van der Waals surface area (Å²) in [6, 6.07) is 9.17. The summed E-state index contributed by atoms with van der Waals surface area (Å²) in [6.45, 7) is 1.79. The number of amides is 2. The van der Waals surface area contributed by atoms with E-state index in [4.69, 9.17) is 11.6 Å². The summed E-state index contributed by atoms with van der Waals surface area (Å²) < 4.78 is 0. The van der Waals surface area contributed by atoms with Gasteiger partial charge in [0.25, 0.3) is 0 Å². The molecule has 2 rings (SSSR count). The third kappa shape index (κ3) is 5.49. The molecule has 0 bridgehead atoms. The highest BCUT2D eigenvalue weighted by Gasteiger charge is 2.09. The summed E-state index contributed by atoms with van der Waals surface area (Å²) in [7, 11) is 0. The second-order valence-corrected chi connectivity index (χ2v) is 5.90. The molecule has 8 heteroatoms. The van der Waals surface area contributed by atoms with Crippen LogP contribution in [0.3, 0.4) is 0 Å². The maximum Gasteiger partial charge on any atom is 0.240 e. The van der Waals surface area contributed by atoms with E-state index >= 15 is 0 Å². The number of aromatic hydroxyl groups is 2. The summed E-state index contributed by atoms with van der Waals surface area (Å²) in [5.74, 6) is -1.01. The van der Waals surface area contributed by atoms with Crippen LogP contribution in [0.2, 0.25) is 5.02 Å². The molecule has 2 aromatic carbocycles. The number of carbonyl (C=O) groups excluding carboxylic acids is 2. The van der Waals surface area contributed by atoms with Crippen LogP contribution in [-0.4, -0.2) is 28.2 Å². The Kier molecular flexibility index (Phi) is 6.57. The lowest BCUT2D eigenvalue weighted by Crippen LogP contribution is -2.20. The highest BCUT2D eigenvalue weighted by Crippen LogP contribution is 2.23. The van der Waals surface area contributed by atoms with Gasteiger partial charge in [0.1, 0.15) is 11.5 Å². The molecule has 26 heavy (non-hydrogen) atoms. The predicted octanol–water partition coefficient (Wildman–Crippen LogP) is 2.93. The van der Waals surface area contributed by atoms with E-state index in [9.17, 15) is 19.8 Å². The molecular weight excluding hydrogens is 358 g/mol. The molecule has 4 N–H and O–H groups in total. The minimum Gasteiger partial charge on any atom is -0.508 e. The normalized spacial score (nSPS) is 10.7. The summed E-state index contributed by atoms with van der Waals surface area (Å²) in [5, 5.41) is 25.7. The van der Waals surface area contributed by atoms with E-state index in [1.165, 1.54) is 18.3 Å². The summed E-state index contributed by atoms with van der Waals surface area (Å²) in [4.78, 5) is 23.6. The Morgan fingerprint density at radius 2 is 1.88 bits per heavy atom. The van der Waals surface area contributed by atoms with E-state index in [2.05, 4.69) is 15.8 Å². The van der Waals surface area contributed by atoms with Crippen molar-refractivity contribution in [3.63, 3.8) is 0 Å². The fourth-order valence-electron chi connectivity index (χ4n) is 2.05. The molecular formula is C18H18ClN3O4. The van der Waals surface area contributed by atoms with Gasteiger partial charge < -0.3 is 15.5 Å². The average Bonchev–Trinajstić information content (AvgIpc) is 2.59. The largest absolute Gasteiger partial charge is 0.508 e. The Morgan fingerprint density at radius 1 is 1.15 bits per heavy atom. The van der Waals surface area contributed by atoms with Gasteiger partial charge in [-0.25, -0.2) is 5.43 Å². The maximum absolute atomic E-state index is 11.9. The molecule has 2 aromatic rings. The second-order valence-electron chi connectivity index (χ2n) is 5.50. The Balaban J connectivity index is 1.80.